The molecule has 264 valence electrons. The summed E-state index contributed by atoms with van der Waals surface area (Å²) in [6, 6.07) is 11.0. The van der Waals surface area contributed by atoms with Gasteiger partial charge in [0.2, 0.25) is 0 Å². The number of anilines is 2. The molecular formula is C35H26N4O11S2. The van der Waals surface area contributed by atoms with Crippen molar-refractivity contribution in [2.45, 2.75) is 12.8 Å². The molecule has 2 atom stereocenters. The summed E-state index contributed by atoms with van der Waals surface area (Å²) in [5.74, 6) is -3.53. The fourth-order valence-electron chi connectivity index (χ4n) is 5.64. The maximum atomic E-state index is 12.8. The Balaban J connectivity index is 1.05. The van der Waals surface area contributed by atoms with Crippen molar-refractivity contribution in [1.82, 2.24) is 0 Å². The van der Waals surface area contributed by atoms with E-state index in [1.54, 1.807) is 0 Å². The van der Waals surface area contributed by atoms with Crippen LogP contribution in [0.3, 0.4) is 0 Å². The molecule has 4 amide bonds. The van der Waals surface area contributed by atoms with Gasteiger partial charge in [0, 0.05) is 35.3 Å². The van der Waals surface area contributed by atoms with Crippen LogP contribution >= 0.6 is 0 Å². The van der Waals surface area contributed by atoms with Crippen molar-refractivity contribution in [3.8, 4) is 0 Å². The van der Waals surface area contributed by atoms with Gasteiger partial charge in [0.1, 0.15) is 11.6 Å². The zero-order chi connectivity index (χ0) is 37.4. The lowest BCUT2D eigenvalue weighted by Gasteiger charge is -2.22. The second-order valence-electron chi connectivity index (χ2n) is 11.8. The Morgan fingerprint density at radius 2 is 0.962 bits per heavy atom. The van der Waals surface area contributed by atoms with Crippen LogP contribution < -0.4 is 10.6 Å². The number of rotatable bonds is 6. The molecule has 0 aromatic heterocycles. The molecule has 15 nitrogen and oxygen atoms in total. The molecule has 6 rings (SSSR count). The maximum absolute atomic E-state index is 12.8. The number of amides is 4. The van der Waals surface area contributed by atoms with Crippen LogP contribution in [-0.2, 0) is 29.8 Å². The molecule has 0 saturated heterocycles. The zero-order valence-electron chi connectivity index (χ0n) is 26.6. The third kappa shape index (κ3) is 8.13. The average molecular weight is 743 g/mol. The highest BCUT2D eigenvalue weighted by molar-refractivity contribution is 7.90. The lowest BCUT2D eigenvalue weighted by molar-refractivity contribution is -0.120. The summed E-state index contributed by atoms with van der Waals surface area (Å²) in [7, 11) is -9.11. The number of hydrogen-bond donors (Lipinski definition) is 4. The standard InChI is InChI=1S/C35H26N4O11S2/c40-31-17-27(51(45,46)47)15-21-13-25(9-11-29(21)31)36-33(42)19-1-5-23(6-2-19)38-35(44)39-24-7-3-20(4-8-24)34(43)37-26-10-12-30-22(14-26)16-28(18-32(30)41)52(48,49)50/h1-16,29-30H,17-18H2,(H2,38,39,44)(H,45,46,47)(H,48,49,50). The Morgan fingerprint density at radius 1 is 0.596 bits per heavy atom. The Kier molecular flexibility index (Phi) is 9.61. The normalized spacial score (nSPS) is 21.3. The van der Waals surface area contributed by atoms with Crippen LogP contribution in [0, 0.1) is 11.8 Å². The lowest BCUT2D eigenvalue weighted by atomic mass is 9.84. The number of nitrogens with one attached hydrogen (secondary N) is 2. The van der Waals surface area contributed by atoms with Gasteiger partial charge in [-0.1, -0.05) is 12.2 Å². The number of urea groups is 1. The summed E-state index contributed by atoms with van der Waals surface area (Å²) in [6.45, 7) is 0. The Labute approximate surface area is 296 Å². The highest BCUT2D eigenvalue weighted by Crippen LogP contribution is 2.32. The SMILES string of the molecule is O=C(Nc1ccc(C(=O)N=C2C=CC3C(=O)CC(S(=O)(=O)O)=CC3=C2)cc1)Nc1ccc(C(=O)N=C2C=CC3C(=O)CC(S(=O)(=O)O)=CC3=C2)cc1. The fourth-order valence-corrected chi connectivity index (χ4v) is 6.85. The van der Waals surface area contributed by atoms with Gasteiger partial charge in [-0.3, -0.25) is 28.3 Å². The van der Waals surface area contributed by atoms with E-state index in [2.05, 4.69) is 20.6 Å². The number of carbonyl (C=O) groups is 5. The van der Waals surface area contributed by atoms with Crippen molar-refractivity contribution in [3.63, 3.8) is 0 Å². The van der Waals surface area contributed by atoms with Gasteiger partial charge in [-0.15, -0.1) is 0 Å². The van der Waals surface area contributed by atoms with E-state index in [4.69, 9.17) is 0 Å². The number of hydrogen-bond acceptors (Lipinski definition) is 9. The van der Waals surface area contributed by atoms with Crippen molar-refractivity contribution in [3.05, 3.63) is 129 Å². The molecule has 0 heterocycles. The average Bonchev–Trinajstić information content (AvgIpc) is 3.07. The molecule has 2 aromatic carbocycles. The molecule has 0 spiro atoms. The first kappa shape index (κ1) is 35.8. The van der Waals surface area contributed by atoms with Gasteiger partial charge in [-0.2, -0.15) is 16.8 Å². The number of benzene rings is 2. The van der Waals surface area contributed by atoms with Crippen molar-refractivity contribution >= 4 is 72.4 Å². The van der Waals surface area contributed by atoms with Crippen LogP contribution in [0.2, 0.25) is 0 Å². The molecule has 2 aromatic rings. The smallest absolute Gasteiger partial charge is 0.308 e. The predicted molar refractivity (Wildman–Crippen MR) is 189 cm³/mol. The number of aliphatic imine (C=N–C) groups is 2. The zero-order valence-corrected chi connectivity index (χ0v) is 28.2. The van der Waals surface area contributed by atoms with Crippen LogP contribution in [0.15, 0.2) is 128 Å². The van der Waals surface area contributed by atoms with E-state index in [0.717, 1.165) is 0 Å². The van der Waals surface area contributed by atoms with Crippen LogP contribution in [0.4, 0.5) is 16.2 Å². The third-order valence-corrected chi connectivity index (χ3v) is 10.1. The molecule has 4 aliphatic rings. The van der Waals surface area contributed by atoms with E-state index in [1.165, 1.54) is 97.1 Å². The van der Waals surface area contributed by atoms with E-state index in [-0.39, 0.29) is 33.7 Å². The molecule has 4 aliphatic carbocycles. The second kappa shape index (κ2) is 14.0. The first-order chi connectivity index (χ1) is 24.5. The molecule has 0 bridgehead atoms. The van der Waals surface area contributed by atoms with Gasteiger partial charge >= 0.3 is 6.03 Å². The highest BCUT2D eigenvalue weighted by atomic mass is 32.2. The third-order valence-electron chi connectivity index (χ3n) is 8.22. The minimum Gasteiger partial charge on any atom is -0.308 e. The summed E-state index contributed by atoms with van der Waals surface area (Å²) in [6.07, 6.45) is 10.2. The highest BCUT2D eigenvalue weighted by Gasteiger charge is 2.33. The number of Topliss-reactive ketones (excluding diaryl/α,β-unsaturated/α-hetero) is 2. The summed E-state index contributed by atoms with van der Waals surface area (Å²) in [4.78, 5) is 70.0. The number of carbonyl (C=O) groups excluding carboxylic acids is 5. The Morgan fingerprint density at radius 3 is 1.31 bits per heavy atom. The quantitative estimate of drug-likeness (QED) is 0.306. The van der Waals surface area contributed by atoms with Crippen LogP contribution in [0.5, 0.6) is 0 Å². The molecule has 0 aliphatic heterocycles. The van der Waals surface area contributed by atoms with Gasteiger partial charge in [0.15, 0.2) is 0 Å². The number of ketones is 2. The van der Waals surface area contributed by atoms with Gasteiger partial charge in [-0.05, 0) is 96.1 Å². The summed E-state index contributed by atoms with van der Waals surface area (Å²) in [5, 5.41) is 5.22. The largest absolute Gasteiger partial charge is 0.323 e. The molecule has 0 radical (unpaired) electrons. The van der Waals surface area contributed by atoms with Gasteiger partial charge in [0.05, 0.1) is 33.1 Å². The second-order valence-corrected chi connectivity index (χ2v) is 14.8. The molecular weight excluding hydrogens is 717 g/mol. The minimum absolute atomic E-state index is 0.173. The first-order valence-electron chi connectivity index (χ1n) is 15.3. The van der Waals surface area contributed by atoms with E-state index < -0.39 is 84.1 Å². The van der Waals surface area contributed by atoms with Gasteiger partial charge in [-0.25, -0.2) is 14.8 Å². The summed E-state index contributed by atoms with van der Waals surface area (Å²) < 4.78 is 64.8. The van der Waals surface area contributed by atoms with E-state index in [9.17, 15) is 49.9 Å². The van der Waals surface area contributed by atoms with E-state index in [1.807, 2.05) is 0 Å². The fraction of sp³-hybridized carbons (Fsp3) is 0.114. The molecule has 2 unspecified atom stereocenters. The topological polar surface area (TPSA) is 243 Å². The van der Waals surface area contributed by atoms with Crippen molar-refractivity contribution < 1.29 is 49.9 Å². The molecule has 0 fully saturated rings. The van der Waals surface area contributed by atoms with Crippen molar-refractivity contribution in [1.29, 1.82) is 0 Å². The monoisotopic (exact) mass is 742 g/mol. The Hall–Kier alpha value is -6.01. The van der Waals surface area contributed by atoms with Crippen LogP contribution in [0.1, 0.15) is 33.6 Å². The molecule has 4 N–H and O–H groups in total. The number of allylic oxidation sites excluding steroid dienone is 12. The Bertz CT molecular complexity index is 2260. The first-order valence-corrected chi connectivity index (χ1v) is 18.2. The van der Waals surface area contributed by atoms with Gasteiger partial charge < -0.3 is 10.6 Å². The lowest BCUT2D eigenvalue weighted by Crippen LogP contribution is -2.24. The number of nitrogens with zero attached hydrogens (tertiary/aromatic N) is 2. The van der Waals surface area contributed by atoms with Crippen molar-refractivity contribution in [2.75, 3.05) is 10.6 Å². The molecule has 52 heavy (non-hydrogen) atoms. The number of fused-ring (bicyclic) bond motifs is 2. The van der Waals surface area contributed by atoms with Crippen LogP contribution in [-0.4, -0.2) is 66.8 Å². The van der Waals surface area contributed by atoms with E-state index >= 15 is 0 Å². The predicted octanol–water partition coefficient (Wildman–Crippen LogP) is 4.21. The minimum atomic E-state index is -4.55. The summed E-state index contributed by atoms with van der Waals surface area (Å²) in [5.41, 5.74) is 1.94. The van der Waals surface area contributed by atoms with Gasteiger partial charge in [0.25, 0.3) is 32.1 Å². The van der Waals surface area contributed by atoms with E-state index in [0.29, 0.717) is 11.4 Å². The molecule has 0 saturated carbocycles. The van der Waals surface area contributed by atoms with Crippen LogP contribution in [0.25, 0.3) is 0 Å². The molecule has 17 heteroatoms. The van der Waals surface area contributed by atoms with Crippen molar-refractivity contribution in [2.24, 2.45) is 21.8 Å². The maximum Gasteiger partial charge on any atom is 0.323 e. The summed E-state index contributed by atoms with van der Waals surface area (Å²) >= 11 is 0.